The third-order valence-corrected chi connectivity index (χ3v) is 7.34. The first-order chi connectivity index (χ1) is 10.6. The molecule has 0 aliphatic carbocycles. The average molecular weight is 353 g/mol. The topological polar surface area (TPSA) is 27.7 Å². The maximum atomic E-state index is 6.11. The molecule has 0 amide bonds. The van der Waals surface area contributed by atoms with E-state index in [-0.39, 0.29) is 6.10 Å². The average Bonchev–Trinajstić information content (AvgIpc) is 2.49. The molecule has 0 aromatic rings. The maximum absolute atomic E-state index is 6.11. The second-order valence-corrected chi connectivity index (χ2v) is 10.1. The predicted octanol–water partition coefficient (Wildman–Crippen LogP) is 5.71. The highest BCUT2D eigenvalue weighted by Crippen LogP contribution is 2.20. The van der Waals surface area contributed by atoms with Gasteiger partial charge in [0.15, 0.2) is 0 Å². The first kappa shape index (κ1) is 24.8. The highest BCUT2D eigenvalue weighted by molar-refractivity contribution is 7.37. The van der Waals surface area contributed by atoms with E-state index in [4.69, 9.17) is 13.3 Å². The molecule has 0 fully saturated rings. The van der Waals surface area contributed by atoms with Crippen LogP contribution in [0.25, 0.3) is 0 Å². The molecule has 136 valence electrons. The second-order valence-electron chi connectivity index (χ2n) is 5.28. The van der Waals surface area contributed by atoms with Crippen LogP contribution in [0.5, 0.6) is 0 Å². The maximum Gasteiger partial charge on any atom is 0.500 e. The van der Waals surface area contributed by atoms with E-state index < -0.39 is 8.80 Å². The normalized spacial score (nSPS) is 12.7. The molecule has 22 heavy (non-hydrogen) atoms. The Morgan fingerprint density at radius 2 is 1.41 bits per heavy atom. The van der Waals surface area contributed by atoms with Crippen molar-refractivity contribution in [1.82, 2.24) is 0 Å². The van der Waals surface area contributed by atoms with Gasteiger partial charge in [-0.3, -0.25) is 0 Å². The molecular formula is C17H41O3PSi. The van der Waals surface area contributed by atoms with E-state index >= 15 is 0 Å². The van der Waals surface area contributed by atoms with Gasteiger partial charge in [-0.15, -0.1) is 8.58 Å². The molecule has 3 nitrogen and oxygen atoms in total. The molecule has 0 aliphatic heterocycles. The van der Waals surface area contributed by atoms with Crippen LogP contribution in [0.15, 0.2) is 0 Å². The number of hydrogen-bond donors (Lipinski definition) is 0. The van der Waals surface area contributed by atoms with E-state index in [1.165, 1.54) is 40.2 Å². The Bertz CT molecular complexity index is 210. The van der Waals surface area contributed by atoms with Crippen molar-refractivity contribution in [2.24, 2.45) is 0 Å². The minimum absolute atomic E-state index is 0.242. The summed E-state index contributed by atoms with van der Waals surface area (Å²) < 4.78 is 17.7. The molecule has 0 N–H and O–H groups in total. The van der Waals surface area contributed by atoms with E-state index in [9.17, 15) is 0 Å². The van der Waals surface area contributed by atoms with Gasteiger partial charge in [0.1, 0.15) is 0 Å². The zero-order valence-electron chi connectivity index (χ0n) is 16.2. The summed E-state index contributed by atoms with van der Waals surface area (Å²) in [4.78, 5) is 0. The van der Waals surface area contributed by atoms with Crippen molar-refractivity contribution in [2.45, 2.75) is 86.3 Å². The fourth-order valence-corrected chi connectivity index (χ4v) is 5.04. The second kappa shape index (κ2) is 17.9. The summed E-state index contributed by atoms with van der Waals surface area (Å²) in [7, 11) is -1.20. The Morgan fingerprint density at radius 1 is 0.864 bits per heavy atom. The lowest BCUT2D eigenvalue weighted by atomic mass is 10.1. The molecule has 1 atom stereocenters. The van der Waals surface area contributed by atoms with E-state index in [1.807, 2.05) is 13.8 Å². The Morgan fingerprint density at radius 3 is 1.73 bits per heavy atom. The third kappa shape index (κ3) is 14.1. The van der Waals surface area contributed by atoms with Crippen molar-refractivity contribution in [2.75, 3.05) is 25.5 Å². The van der Waals surface area contributed by atoms with E-state index in [2.05, 4.69) is 34.6 Å². The number of hydrogen-bond acceptors (Lipinski definition) is 3. The van der Waals surface area contributed by atoms with Crippen LogP contribution >= 0.6 is 8.58 Å². The molecule has 0 saturated heterocycles. The van der Waals surface area contributed by atoms with Crippen molar-refractivity contribution in [3.05, 3.63) is 0 Å². The summed E-state index contributed by atoms with van der Waals surface area (Å²) in [6.07, 6.45) is 7.84. The van der Waals surface area contributed by atoms with Gasteiger partial charge in [-0.25, -0.2) is 0 Å². The first-order valence-electron chi connectivity index (χ1n) is 9.21. The molecule has 0 aromatic carbocycles. The van der Waals surface area contributed by atoms with Crippen molar-refractivity contribution >= 4 is 17.4 Å². The molecular weight excluding hydrogens is 311 g/mol. The van der Waals surface area contributed by atoms with Gasteiger partial charge >= 0.3 is 8.80 Å². The highest BCUT2D eigenvalue weighted by Gasteiger charge is 2.39. The Labute approximate surface area is 143 Å². The fourth-order valence-electron chi connectivity index (χ4n) is 2.13. The summed E-state index contributed by atoms with van der Waals surface area (Å²) in [5, 5.41) is 0. The van der Waals surface area contributed by atoms with Gasteiger partial charge < -0.3 is 13.3 Å². The van der Waals surface area contributed by atoms with Gasteiger partial charge in [0.05, 0.1) is 0 Å². The van der Waals surface area contributed by atoms with E-state index in [0.717, 1.165) is 12.5 Å². The zero-order chi connectivity index (χ0) is 17.3. The van der Waals surface area contributed by atoms with Crippen molar-refractivity contribution in [3.63, 3.8) is 0 Å². The van der Waals surface area contributed by atoms with Crippen LogP contribution in [0.1, 0.15) is 74.1 Å². The summed E-state index contributed by atoms with van der Waals surface area (Å²) in [5.41, 5.74) is 0. The van der Waals surface area contributed by atoms with Crippen LogP contribution in [0.2, 0.25) is 6.04 Å². The van der Waals surface area contributed by atoms with Crippen LogP contribution < -0.4 is 0 Å². The van der Waals surface area contributed by atoms with Crippen molar-refractivity contribution < 1.29 is 13.3 Å². The van der Waals surface area contributed by atoms with Crippen LogP contribution in [0.4, 0.5) is 0 Å². The summed E-state index contributed by atoms with van der Waals surface area (Å²) in [6.45, 7) is 16.2. The summed E-state index contributed by atoms with van der Waals surface area (Å²) in [5.74, 6) is 0. The third-order valence-electron chi connectivity index (χ3n) is 3.26. The number of rotatable bonds is 13. The summed E-state index contributed by atoms with van der Waals surface area (Å²) >= 11 is 0. The standard InChI is InChI=1S/C13H30O3Si.C4H11P/c1-6-10-11-12-13(5)16-17(9-4,14-7-2)15-8-3;1-3-5-4-2/h13H,6-12H2,1-5H3;5H,3-4H2,1-2H3. The van der Waals surface area contributed by atoms with Crippen LogP contribution in [0, 0.1) is 0 Å². The lowest BCUT2D eigenvalue weighted by Gasteiger charge is -2.30. The van der Waals surface area contributed by atoms with Gasteiger partial charge in [0, 0.05) is 25.4 Å². The van der Waals surface area contributed by atoms with Crippen LogP contribution in [-0.4, -0.2) is 40.4 Å². The Hall–Kier alpha value is 0.527. The van der Waals surface area contributed by atoms with E-state index in [1.54, 1.807) is 0 Å². The fraction of sp³-hybridized carbons (Fsp3) is 1.00. The molecule has 0 aliphatic rings. The molecule has 0 bridgehead atoms. The molecule has 0 rings (SSSR count). The minimum atomic E-state index is -2.39. The lowest BCUT2D eigenvalue weighted by molar-refractivity contribution is 0.0358. The molecule has 5 heteroatoms. The number of unbranched alkanes of at least 4 members (excludes halogenated alkanes) is 2. The molecule has 1 unspecified atom stereocenters. The van der Waals surface area contributed by atoms with Gasteiger partial charge in [-0.2, -0.15) is 0 Å². The van der Waals surface area contributed by atoms with Crippen LogP contribution in [0.3, 0.4) is 0 Å². The van der Waals surface area contributed by atoms with Gasteiger partial charge in [0.2, 0.25) is 0 Å². The van der Waals surface area contributed by atoms with Crippen molar-refractivity contribution in [1.29, 1.82) is 0 Å². The first-order valence-corrected chi connectivity index (χ1v) is 12.6. The highest BCUT2D eigenvalue weighted by atomic mass is 31.1. The largest absolute Gasteiger partial charge is 0.500 e. The van der Waals surface area contributed by atoms with Crippen molar-refractivity contribution in [3.8, 4) is 0 Å². The monoisotopic (exact) mass is 352 g/mol. The molecule has 0 spiro atoms. The SMILES string of the molecule is CCCCCC(C)O[Si](CC)(OCC)OCC.CCPCC. The molecule has 0 saturated carbocycles. The lowest BCUT2D eigenvalue weighted by Crippen LogP contribution is -2.47. The minimum Gasteiger partial charge on any atom is -0.374 e. The summed E-state index contributed by atoms with van der Waals surface area (Å²) in [6, 6.07) is 0.854. The van der Waals surface area contributed by atoms with Gasteiger partial charge in [-0.1, -0.05) is 47.0 Å². The molecule has 0 heterocycles. The quantitative estimate of drug-likeness (QED) is 0.241. The molecule has 0 radical (unpaired) electrons. The zero-order valence-corrected chi connectivity index (χ0v) is 18.2. The smallest absolute Gasteiger partial charge is 0.374 e. The Kier molecular flexibility index (Phi) is 20.1. The van der Waals surface area contributed by atoms with Gasteiger partial charge in [-0.05, 0) is 39.5 Å². The predicted molar refractivity (Wildman–Crippen MR) is 104 cm³/mol. The molecule has 0 aromatic heterocycles. The van der Waals surface area contributed by atoms with Gasteiger partial charge in [0.25, 0.3) is 0 Å². The van der Waals surface area contributed by atoms with Crippen LogP contribution in [-0.2, 0) is 13.3 Å². The Balaban J connectivity index is 0. The van der Waals surface area contributed by atoms with E-state index in [0.29, 0.717) is 13.2 Å².